The zero-order valence-electron chi connectivity index (χ0n) is 10.2. The molecular formula is C13H13F3N2O. The van der Waals surface area contributed by atoms with Crippen molar-refractivity contribution >= 4 is 0 Å². The highest BCUT2D eigenvalue weighted by Gasteiger charge is 2.35. The SMILES string of the molecule is N#Cc1ncc(OC2CCCCC2)cc1C(F)(F)F. The molecule has 3 nitrogen and oxygen atoms in total. The third kappa shape index (κ3) is 3.37. The fraction of sp³-hybridized carbons (Fsp3) is 0.538. The molecule has 1 aliphatic rings. The molecule has 0 spiro atoms. The van der Waals surface area contributed by atoms with E-state index >= 15 is 0 Å². The van der Waals surface area contributed by atoms with Crippen LogP contribution in [0, 0.1) is 11.3 Å². The molecule has 102 valence electrons. The zero-order chi connectivity index (χ0) is 13.9. The van der Waals surface area contributed by atoms with Crippen LogP contribution in [0.25, 0.3) is 0 Å². The number of pyridine rings is 1. The van der Waals surface area contributed by atoms with Crippen LogP contribution in [0.2, 0.25) is 0 Å². The van der Waals surface area contributed by atoms with Crippen LogP contribution in [0.1, 0.15) is 43.4 Å². The maximum absolute atomic E-state index is 12.7. The normalized spacial score (nSPS) is 16.9. The molecule has 0 aliphatic heterocycles. The second-order valence-corrected chi connectivity index (χ2v) is 4.55. The first-order valence-corrected chi connectivity index (χ1v) is 6.14. The average molecular weight is 270 g/mol. The van der Waals surface area contributed by atoms with Crippen LogP contribution in [0.15, 0.2) is 12.3 Å². The second-order valence-electron chi connectivity index (χ2n) is 4.55. The van der Waals surface area contributed by atoms with E-state index in [2.05, 4.69) is 4.98 Å². The van der Waals surface area contributed by atoms with Crippen LogP contribution in [-0.2, 0) is 6.18 Å². The number of ether oxygens (including phenoxy) is 1. The molecule has 0 amide bonds. The predicted molar refractivity (Wildman–Crippen MR) is 61.5 cm³/mol. The molecule has 1 aromatic rings. The van der Waals surface area contributed by atoms with E-state index in [0.29, 0.717) is 0 Å². The van der Waals surface area contributed by atoms with Gasteiger partial charge in [-0.3, -0.25) is 0 Å². The maximum atomic E-state index is 12.7. The molecule has 2 rings (SSSR count). The number of hydrogen-bond acceptors (Lipinski definition) is 3. The van der Waals surface area contributed by atoms with Crippen molar-refractivity contribution in [2.75, 3.05) is 0 Å². The minimum Gasteiger partial charge on any atom is -0.489 e. The van der Waals surface area contributed by atoms with Crippen LogP contribution in [0.4, 0.5) is 13.2 Å². The summed E-state index contributed by atoms with van der Waals surface area (Å²) in [7, 11) is 0. The van der Waals surface area contributed by atoms with Crippen LogP contribution in [0.3, 0.4) is 0 Å². The first-order valence-electron chi connectivity index (χ1n) is 6.14. The van der Waals surface area contributed by atoms with Crippen molar-refractivity contribution in [1.29, 1.82) is 5.26 Å². The minimum absolute atomic E-state index is 0.0513. The van der Waals surface area contributed by atoms with Gasteiger partial charge in [-0.25, -0.2) is 4.98 Å². The van der Waals surface area contributed by atoms with Crippen molar-refractivity contribution in [3.8, 4) is 11.8 Å². The van der Waals surface area contributed by atoms with Crippen LogP contribution >= 0.6 is 0 Å². The van der Waals surface area contributed by atoms with E-state index < -0.39 is 17.4 Å². The highest BCUT2D eigenvalue weighted by Crippen LogP contribution is 2.34. The Hall–Kier alpha value is -1.77. The number of alkyl halides is 3. The van der Waals surface area contributed by atoms with E-state index in [4.69, 9.17) is 10.00 Å². The Balaban J connectivity index is 2.20. The summed E-state index contributed by atoms with van der Waals surface area (Å²) in [6.45, 7) is 0. The van der Waals surface area contributed by atoms with Gasteiger partial charge in [0.1, 0.15) is 11.8 Å². The van der Waals surface area contributed by atoms with Gasteiger partial charge in [-0.05, 0) is 31.7 Å². The summed E-state index contributed by atoms with van der Waals surface area (Å²) in [5, 5.41) is 8.64. The van der Waals surface area contributed by atoms with Crippen molar-refractivity contribution < 1.29 is 17.9 Å². The summed E-state index contributed by atoms with van der Waals surface area (Å²) in [5.74, 6) is 0.0817. The molecular weight excluding hydrogens is 257 g/mol. The summed E-state index contributed by atoms with van der Waals surface area (Å²) in [5.41, 5.74) is -1.66. The second kappa shape index (κ2) is 5.47. The van der Waals surface area contributed by atoms with Gasteiger partial charge in [-0.15, -0.1) is 0 Å². The molecule has 19 heavy (non-hydrogen) atoms. The molecule has 0 unspecified atom stereocenters. The van der Waals surface area contributed by atoms with Gasteiger partial charge in [0.25, 0.3) is 0 Å². The molecule has 1 heterocycles. The molecule has 1 aromatic heterocycles. The number of aromatic nitrogens is 1. The molecule has 0 bridgehead atoms. The number of halogens is 3. The molecule has 0 atom stereocenters. The lowest BCUT2D eigenvalue weighted by atomic mass is 9.98. The van der Waals surface area contributed by atoms with E-state index in [-0.39, 0.29) is 11.9 Å². The van der Waals surface area contributed by atoms with Gasteiger partial charge in [-0.2, -0.15) is 18.4 Å². The Labute approximate surface area is 109 Å². The van der Waals surface area contributed by atoms with Crippen LogP contribution in [0.5, 0.6) is 5.75 Å². The lowest BCUT2D eigenvalue weighted by Crippen LogP contribution is -2.20. The molecule has 0 aromatic carbocycles. The number of hydrogen-bond donors (Lipinski definition) is 0. The van der Waals surface area contributed by atoms with Gasteiger partial charge in [0.05, 0.1) is 17.9 Å². The summed E-state index contributed by atoms with van der Waals surface area (Å²) in [4.78, 5) is 3.52. The molecule has 0 saturated heterocycles. The fourth-order valence-electron chi connectivity index (χ4n) is 2.19. The maximum Gasteiger partial charge on any atom is 0.419 e. The molecule has 6 heteroatoms. The standard InChI is InChI=1S/C13H13F3N2O/c14-13(15,16)11-6-10(8-18-12(11)7-17)19-9-4-2-1-3-5-9/h6,8-9H,1-5H2. The quantitative estimate of drug-likeness (QED) is 0.823. The largest absolute Gasteiger partial charge is 0.489 e. The monoisotopic (exact) mass is 270 g/mol. The van der Waals surface area contributed by atoms with Gasteiger partial charge in [0.15, 0.2) is 5.69 Å². The minimum atomic E-state index is -4.59. The van der Waals surface area contributed by atoms with Gasteiger partial charge in [0.2, 0.25) is 0 Å². The van der Waals surface area contributed by atoms with Crippen molar-refractivity contribution in [1.82, 2.24) is 4.98 Å². The van der Waals surface area contributed by atoms with Gasteiger partial charge >= 0.3 is 6.18 Å². The topological polar surface area (TPSA) is 45.9 Å². The van der Waals surface area contributed by atoms with Crippen molar-refractivity contribution in [2.45, 2.75) is 44.4 Å². The fourth-order valence-corrected chi connectivity index (χ4v) is 2.19. The van der Waals surface area contributed by atoms with E-state index in [1.807, 2.05) is 0 Å². The Morgan fingerprint density at radius 2 is 1.95 bits per heavy atom. The lowest BCUT2D eigenvalue weighted by Gasteiger charge is -2.23. The first-order chi connectivity index (χ1) is 9.00. The summed E-state index contributed by atoms with van der Waals surface area (Å²) < 4.78 is 43.8. The van der Waals surface area contributed by atoms with E-state index in [0.717, 1.165) is 38.2 Å². The van der Waals surface area contributed by atoms with Crippen molar-refractivity contribution in [3.63, 3.8) is 0 Å². The third-order valence-electron chi connectivity index (χ3n) is 3.13. The van der Waals surface area contributed by atoms with Gasteiger partial charge < -0.3 is 4.74 Å². The average Bonchev–Trinajstić information content (AvgIpc) is 2.39. The van der Waals surface area contributed by atoms with Crippen LogP contribution < -0.4 is 4.74 Å². The smallest absolute Gasteiger partial charge is 0.419 e. The van der Waals surface area contributed by atoms with Gasteiger partial charge in [-0.1, -0.05) is 6.42 Å². The first kappa shape index (κ1) is 13.7. The Bertz CT molecular complexity index is 488. The highest BCUT2D eigenvalue weighted by molar-refractivity contribution is 5.38. The van der Waals surface area contributed by atoms with E-state index in [9.17, 15) is 13.2 Å². The van der Waals surface area contributed by atoms with Gasteiger partial charge in [0, 0.05) is 0 Å². The molecule has 1 saturated carbocycles. The van der Waals surface area contributed by atoms with Crippen LogP contribution in [-0.4, -0.2) is 11.1 Å². The van der Waals surface area contributed by atoms with E-state index in [1.165, 1.54) is 12.3 Å². The zero-order valence-corrected chi connectivity index (χ0v) is 10.2. The Morgan fingerprint density at radius 1 is 1.26 bits per heavy atom. The third-order valence-corrected chi connectivity index (χ3v) is 3.13. The summed E-state index contributed by atoms with van der Waals surface area (Å²) >= 11 is 0. The highest BCUT2D eigenvalue weighted by atomic mass is 19.4. The predicted octanol–water partition coefficient (Wildman–Crippen LogP) is 3.68. The molecule has 1 fully saturated rings. The number of nitrogens with zero attached hydrogens (tertiary/aromatic N) is 2. The van der Waals surface area contributed by atoms with E-state index in [1.54, 1.807) is 0 Å². The lowest BCUT2D eigenvalue weighted by molar-refractivity contribution is -0.138. The molecule has 0 radical (unpaired) electrons. The van der Waals surface area contributed by atoms with Crippen molar-refractivity contribution in [2.24, 2.45) is 0 Å². The molecule has 1 aliphatic carbocycles. The summed E-state index contributed by atoms with van der Waals surface area (Å²) in [6.07, 6.45) is 1.43. The molecule has 0 N–H and O–H groups in total. The number of rotatable bonds is 2. The summed E-state index contributed by atoms with van der Waals surface area (Å²) in [6, 6.07) is 2.31. The Morgan fingerprint density at radius 3 is 2.53 bits per heavy atom. The van der Waals surface area contributed by atoms with Crippen molar-refractivity contribution in [3.05, 3.63) is 23.5 Å². The number of nitriles is 1. The Kier molecular flexibility index (Phi) is 3.93.